The van der Waals surface area contributed by atoms with Gasteiger partial charge in [0.25, 0.3) is 0 Å². The van der Waals surface area contributed by atoms with Crippen LogP contribution in [-0.2, 0) is 4.79 Å². The molecule has 5 heteroatoms. The minimum atomic E-state index is 0.0237. The van der Waals surface area contributed by atoms with E-state index in [1.54, 1.807) is 11.8 Å². The number of piperidine rings is 1. The van der Waals surface area contributed by atoms with Gasteiger partial charge in [0.2, 0.25) is 5.91 Å². The molecule has 0 spiro atoms. The van der Waals surface area contributed by atoms with Gasteiger partial charge in [-0.1, -0.05) is 0 Å². The highest BCUT2D eigenvalue weighted by Gasteiger charge is 2.27. The van der Waals surface area contributed by atoms with Gasteiger partial charge in [-0.15, -0.1) is 0 Å². The molecule has 1 aliphatic heterocycles. The molecular formula is C14H28N2O2S. The van der Waals surface area contributed by atoms with Crippen molar-refractivity contribution in [3.05, 3.63) is 0 Å². The zero-order valence-electron chi connectivity index (χ0n) is 12.6. The number of carbonyl (C=O) groups is 1. The van der Waals surface area contributed by atoms with E-state index in [0.717, 1.165) is 25.9 Å². The van der Waals surface area contributed by atoms with Crippen LogP contribution in [0.3, 0.4) is 0 Å². The van der Waals surface area contributed by atoms with Crippen LogP contribution in [0.2, 0.25) is 0 Å². The minimum absolute atomic E-state index is 0.0237. The Morgan fingerprint density at radius 3 is 2.37 bits per heavy atom. The summed E-state index contributed by atoms with van der Waals surface area (Å²) in [5.41, 5.74) is 0. The van der Waals surface area contributed by atoms with Gasteiger partial charge in [0.1, 0.15) is 0 Å². The van der Waals surface area contributed by atoms with Gasteiger partial charge in [-0.05, 0) is 53.0 Å². The Bertz CT molecular complexity index is 275. The number of rotatable bonds is 6. The maximum atomic E-state index is 12.2. The maximum absolute atomic E-state index is 12.2. The van der Waals surface area contributed by atoms with Crippen molar-refractivity contribution in [1.29, 1.82) is 0 Å². The molecule has 0 unspecified atom stereocenters. The summed E-state index contributed by atoms with van der Waals surface area (Å²) < 4.78 is 0. The van der Waals surface area contributed by atoms with Crippen molar-refractivity contribution in [2.24, 2.45) is 5.92 Å². The molecule has 1 saturated heterocycles. The van der Waals surface area contributed by atoms with E-state index in [1.807, 2.05) is 13.2 Å². The lowest BCUT2D eigenvalue weighted by molar-refractivity contribution is -0.127. The zero-order valence-corrected chi connectivity index (χ0v) is 13.4. The molecule has 0 aromatic heterocycles. The van der Waals surface area contributed by atoms with Crippen LogP contribution in [0.5, 0.6) is 0 Å². The SMILES string of the molecule is CS[C@H](CO)[C@@H](C)NC(=O)C1CCN(C(C)C)CC1. The van der Waals surface area contributed by atoms with Crippen LogP contribution in [-0.4, -0.2) is 59.2 Å². The molecule has 0 aliphatic carbocycles. The zero-order chi connectivity index (χ0) is 14.4. The van der Waals surface area contributed by atoms with Crippen molar-refractivity contribution in [1.82, 2.24) is 10.2 Å². The molecule has 0 aromatic rings. The highest BCUT2D eigenvalue weighted by Crippen LogP contribution is 2.20. The van der Waals surface area contributed by atoms with E-state index in [0.29, 0.717) is 6.04 Å². The average molecular weight is 288 g/mol. The Morgan fingerprint density at radius 1 is 1.37 bits per heavy atom. The summed E-state index contributed by atoms with van der Waals surface area (Å²) in [6.45, 7) is 8.50. The number of aliphatic hydroxyl groups is 1. The number of carbonyl (C=O) groups excluding carboxylic acids is 1. The number of hydrogen-bond donors (Lipinski definition) is 2. The standard InChI is InChI=1S/C14H28N2O2S/c1-10(2)16-7-5-12(6-8-16)14(18)15-11(3)13(9-17)19-4/h10-13,17H,5-9H2,1-4H3,(H,15,18)/t11-,13-/m1/s1. The van der Waals surface area contributed by atoms with E-state index in [-0.39, 0.29) is 29.7 Å². The number of amides is 1. The highest BCUT2D eigenvalue weighted by molar-refractivity contribution is 7.99. The topological polar surface area (TPSA) is 52.6 Å². The van der Waals surface area contributed by atoms with E-state index < -0.39 is 0 Å². The van der Waals surface area contributed by atoms with Crippen LogP contribution < -0.4 is 5.32 Å². The molecule has 0 aromatic carbocycles. The van der Waals surface area contributed by atoms with Crippen LogP contribution in [0, 0.1) is 5.92 Å². The van der Waals surface area contributed by atoms with Crippen LogP contribution in [0.4, 0.5) is 0 Å². The van der Waals surface area contributed by atoms with Gasteiger partial charge in [-0.25, -0.2) is 0 Å². The summed E-state index contributed by atoms with van der Waals surface area (Å²) in [6, 6.07) is 0.592. The van der Waals surface area contributed by atoms with E-state index in [9.17, 15) is 9.90 Å². The first-order valence-corrected chi connectivity index (χ1v) is 8.46. The Morgan fingerprint density at radius 2 is 1.95 bits per heavy atom. The van der Waals surface area contributed by atoms with Gasteiger partial charge in [0.15, 0.2) is 0 Å². The van der Waals surface area contributed by atoms with Crippen LogP contribution in [0.1, 0.15) is 33.6 Å². The second-order valence-electron chi connectivity index (χ2n) is 5.66. The molecule has 0 radical (unpaired) electrons. The van der Waals surface area contributed by atoms with E-state index in [2.05, 4.69) is 24.1 Å². The Kier molecular flexibility index (Phi) is 7.18. The third kappa shape index (κ3) is 4.97. The lowest BCUT2D eigenvalue weighted by Crippen LogP contribution is -2.47. The number of nitrogens with zero attached hydrogens (tertiary/aromatic N) is 1. The second-order valence-corrected chi connectivity index (χ2v) is 6.73. The predicted molar refractivity (Wildman–Crippen MR) is 81.4 cm³/mol. The van der Waals surface area contributed by atoms with Crippen molar-refractivity contribution in [2.45, 2.75) is 50.9 Å². The monoisotopic (exact) mass is 288 g/mol. The van der Waals surface area contributed by atoms with Crippen LogP contribution in [0.15, 0.2) is 0 Å². The molecule has 4 nitrogen and oxygen atoms in total. The number of likely N-dealkylation sites (tertiary alicyclic amines) is 1. The number of aliphatic hydroxyl groups excluding tert-OH is 1. The molecular weight excluding hydrogens is 260 g/mol. The third-order valence-electron chi connectivity index (χ3n) is 4.04. The normalized spacial score (nSPS) is 21.4. The average Bonchev–Trinajstić information content (AvgIpc) is 2.40. The summed E-state index contributed by atoms with van der Waals surface area (Å²) in [4.78, 5) is 14.6. The Hall–Kier alpha value is -0.260. The largest absolute Gasteiger partial charge is 0.395 e. The quantitative estimate of drug-likeness (QED) is 0.774. The van der Waals surface area contributed by atoms with Crippen molar-refractivity contribution in [2.75, 3.05) is 26.0 Å². The smallest absolute Gasteiger partial charge is 0.223 e. The first kappa shape index (κ1) is 16.8. The summed E-state index contributed by atoms with van der Waals surface area (Å²) in [5.74, 6) is 0.294. The minimum Gasteiger partial charge on any atom is -0.395 e. The molecule has 1 fully saturated rings. The Labute approximate surface area is 121 Å². The lowest BCUT2D eigenvalue weighted by atomic mass is 9.94. The fourth-order valence-corrected chi connectivity index (χ4v) is 3.18. The predicted octanol–water partition coefficient (Wildman–Crippen LogP) is 1.34. The van der Waals surface area contributed by atoms with Gasteiger partial charge >= 0.3 is 0 Å². The van der Waals surface area contributed by atoms with Gasteiger partial charge in [0.05, 0.1) is 6.61 Å². The Balaban J connectivity index is 2.39. The molecule has 1 heterocycles. The second kappa shape index (κ2) is 8.12. The molecule has 1 rings (SSSR count). The van der Waals surface area contributed by atoms with Gasteiger partial charge in [-0.2, -0.15) is 11.8 Å². The number of hydrogen-bond acceptors (Lipinski definition) is 4. The third-order valence-corrected chi connectivity index (χ3v) is 5.20. The highest BCUT2D eigenvalue weighted by atomic mass is 32.2. The molecule has 0 saturated carbocycles. The maximum Gasteiger partial charge on any atom is 0.223 e. The molecule has 1 amide bonds. The summed E-state index contributed by atoms with van der Waals surface area (Å²) in [5, 5.41) is 12.4. The molecule has 0 bridgehead atoms. The van der Waals surface area contributed by atoms with Crippen molar-refractivity contribution in [3.8, 4) is 0 Å². The number of nitrogens with one attached hydrogen (secondary N) is 1. The first-order chi connectivity index (χ1) is 8.99. The van der Waals surface area contributed by atoms with E-state index in [1.165, 1.54) is 0 Å². The summed E-state index contributed by atoms with van der Waals surface area (Å²) in [7, 11) is 0. The molecule has 112 valence electrons. The molecule has 19 heavy (non-hydrogen) atoms. The fraction of sp³-hybridized carbons (Fsp3) is 0.929. The fourth-order valence-electron chi connectivity index (χ4n) is 2.55. The van der Waals surface area contributed by atoms with Crippen LogP contribution in [0.25, 0.3) is 0 Å². The first-order valence-electron chi connectivity index (χ1n) is 7.17. The van der Waals surface area contributed by atoms with Gasteiger partial charge < -0.3 is 15.3 Å². The van der Waals surface area contributed by atoms with Crippen molar-refractivity contribution >= 4 is 17.7 Å². The van der Waals surface area contributed by atoms with Gasteiger partial charge in [-0.3, -0.25) is 4.79 Å². The lowest BCUT2D eigenvalue weighted by Gasteiger charge is -2.34. The summed E-state index contributed by atoms with van der Waals surface area (Å²) >= 11 is 1.60. The summed E-state index contributed by atoms with van der Waals surface area (Å²) in [6.07, 6.45) is 3.85. The van der Waals surface area contributed by atoms with Gasteiger partial charge in [0, 0.05) is 23.3 Å². The number of thioether (sulfide) groups is 1. The van der Waals surface area contributed by atoms with Crippen LogP contribution >= 0.6 is 11.8 Å². The molecule has 2 N–H and O–H groups in total. The van der Waals surface area contributed by atoms with Crippen molar-refractivity contribution in [3.63, 3.8) is 0 Å². The van der Waals surface area contributed by atoms with E-state index in [4.69, 9.17) is 0 Å². The van der Waals surface area contributed by atoms with E-state index >= 15 is 0 Å². The molecule has 2 atom stereocenters. The molecule has 1 aliphatic rings. The van der Waals surface area contributed by atoms with Crippen molar-refractivity contribution < 1.29 is 9.90 Å².